The monoisotopic (exact) mass is 318 g/mol. The fourth-order valence-electron chi connectivity index (χ4n) is 2.58. The summed E-state index contributed by atoms with van der Waals surface area (Å²) in [4.78, 5) is 36.9. The first-order chi connectivity index (χ1) is 10.9. The summed E-state index contributed by atoms with van der Waals surface area (Å²) in [5.41, 5.74) is 6.44. The van der Waals surface area contributed by atoms with E-state index in [4.69, 9.17) is 5.73 Å². The minimum atomic E-state index is -0.740. The van der Waals surface area contributed by atoms with Gasteiger partial charge in [0.1, 0.15) is 6.04 Å². The Labute approximate surface area is 135 Å². The van der Waals surface area contributed by atoms with Gasteiger partial charge < -0.3 is 21.3 Å². The minimum Gasteiger partial charge on any atom is -0.352 e. The second-order valence-electron chi connectivity index (χ2n) is 5.92. The number of nitrogens with one attached hydrogen (secondary N) is 2. The van der Waals surface area contributed by atoms with Gasteiger partial charge in [-0.2, -0.15) is 0 Å². The molecular formula is C16H22N4O3. The molecule has 1 aromatic rings. The third kappa shape index (κ3) is 4.21. The molecule has 0 aliphatic carbocycles. The number of nitrogens with two attached hydrogens (primary N) is 1. The van der Waals surface area contributed by atoms with Gasteiger partial charge in [-0.05, 0) is 30.5 Å². The van der Waals surface area contributed by atoms with Gasteiger partial charge in [0.2, 0.25) is 11.8 Å². The number of urea groups is 1. The molecule has 0 spiro atoms. The van der Waals surface area contributed by atoms with Gasteiger partial charge in [-0.1, -0.05) is 19.9 Å². The highest BCUT2D eigenvalue weighted by molar-refractivity contribution is 5.99. The zero-order chi connectivity index (χ0) is 17.0. The van der Waals surface area contributed by atoms with Crippen LogP contribution in [0.5, 0.6) is 0 Å². The molecule has 7 heteroatoms. The summed E-state index contributed by atoms with van der Waals surface area (Å²) >= 11 is 0. The number of anilines is 2. The molecule has 1 aromatic carbocycles. The first-order valence-corrected chi connectivity index (χ1v) is 7.65. The van der Waals surface area contributed by atoms with Crippen LogP contribution in [-0.2, 0) is 9.59 Å². The summed E-state index contributed by atoms with van der Waals surface area (Å²) in [6, 6.07) is 5.65. The van der Waals surface area contributed by atoms with E-state index in [2.05, 4.69) is 10.6 Å². The maximum atomic E-state index is 12.3. The van der Waals surface area contributed by atoms with Crippen molar-refractivity contribution < 1.29 is 14.4 Å². The Morgan fingerprint density at radius 3 is 2.61 bits per heavy atom. The Morgan fingerprint density at radius 1 is 1.30 bits per heavy atom. The van der Waals surface area contributed by atoms with Crippen molar-refractivity contribution in [1.29, 1.82) is 0 Å². The van der Waals surface area contributed by atoms with Gasteiger partial charge in [-0.15, -0.1) is 0 Å². The molecule has 0 saturated carbocycles. The number of rotatable bonds is 5. The average molecular weight is 318 g/mol. The molecule has 2 rings (SSSR count). The summed E-state index contributed by atoms with van der Waals surface area (Å²) in [5, 5.41) is 5.20. The fourth-order valence-corrected chi connectivity index (χ4v) is 2.58. The van der Waals surface area contributed by atoms with E-state index in [0.29, 0.717) is 18.7 Å². The Bertz CT molecular complexity index is 615. The number of amides is 4. The normalized spacial score (nSPS) is 15.6. The Kier molecular flexibility index (Phi) is 5.20. The standard InChI is InChI=1S/C16H22N4O3/c1-10(2)14(19-16(17)23)15(22)18-11-5-3-6-12(9-11)20-8-4-7-13(20)21/h3,5-6,9-10,14H,4,7-8H2,1-2H3,(H,18,22)(H3,17,19,23). The second kappa shape index (κ2) is 7.13. The van der Waals surface area contributed by atoms with E-state index in [0.717, 1.165) is 12.1 Å². The first kappa shape index (κ1) is 16.8. The van der Waals surface area contributed by atoms with Crippen molar-refractivity contribution in [2.75, 3.05) is 16.8 Å². The van der Waals surface area contributed by atoms with E-state index in [1.165, 1.54) is 0 Å². The largest absolute Gasteiger partial charge is 0.352 e. The Morgan fingerprint density at radius 2 is 2.04 bits per heavy atom. The van der Waals surface area contributed by atoms with E-state index >= 15 is 0 Å². The topological polar surface area (TPSA) is 105 Å². The maximum absolute atomic E-state index is 12.3. The molecule has 0 radical (unpaired) electrons. The number of carbonyl (C=O) groups excluding carboxylic acids is 3. The van der Waals surface area contributed by atoms with Crippen LogP contribution in [0.3, 0.4) is 0 Å². The molecule has 1 heterocycles. The summed E-state index contributed by atoms with van der Waals surface area (Å²) < 4.78 is 0. The van der Waals surface area contributed by atoms with Crippen LogP contribution >= 0.6 is 0 Å². The zero-order valence-electron chi connectivity index (χ0n) is 13.3. The van der Waals surface area contributed by atoms with Gasteiger partial charge in [0.25, 0.3) is 0 Å². The van der Waals surface area contributed by atoms with E-state index in [-0.39, 0.29) is 17.7 Å². The van der Waals surface area contributed by atoms with Crippen molar-refractivity contribution in [3.8, 4) is 0 Å². The lowest BCUT2D eigenvalue weighted by atomic mass is 10.0. The lowest BCUT2D eigenvalue weighted by Gasteiger charge is -2.21. The van der Waals surface area contributed by atoms with Crippen molar-refractivity contribution in [1.82, 2.24) is 5.32 Å². The van der Waals surface area contributed by atoms with Gasteiger partial charge in [0.05, 0.1) is 0 Å². The zero-order valence-corrected chi connectivity index (χ0v) is 13.3. The summed E-state index contributed by atoms with van der Waals surface area (Å²) in [5.74, 6) is -0.363. The molecule has 1 atom stereocenters. The van der Waals surface area contributed by atoms with Gasteiger partial charge in [0, 0.05) is 24.3 Å². The van der Waals surface area contributed by atoms with Gasteiger partial charge in [-0.3, -0.25) is 9.59 Å². The van der Waals surface area contributed by atoms with Crippen LogP contribution in [-0.4, -0.2) is 30.4 Å². The van der Waals surface area contributed by atoms with Crippen LogP contribution < -0.4 is 21.3 Å². The molecule has 4 N–H and O–H groups in total. The fraction of sp³-hybridized carbons (Fsp3) is 0.438. The third-order valence-corrected chi connectivity index (χ3v) is 3.75. The molecule has 1 aliphatic rings. The number of hydrogen-bond donors (Lipinski definition) is 3. The molecule has 1 unspecified atom stereocenters. The minimum absolute atomic E-state index is 0.0870. The SMILES string of the molecule is CC(C)C(NC(N)=O)C(=O)Nc1cccc(N2CCCC2=O)c1. The van der Waals surface area contributed by atoms with E-state index in [1.807, 2.05) is 19.9 Å². The first-order valence-electron chi connectivity index (χ1n) is 7.65. The predicted octanol–water partition coefficient (Wildman–Crippen LogP) is 1.44. The van der Waals surface area contributed by atoms with E-state index in [9.17, 15) is 14.4 Å². The molecule has 0 bridgehead atoms. The Balaban J connectivity index is 2.11. The lowest BCUT2D eigenvalue weighted by molar-refractivity contribution is -0.119. The van der Waals surface area contributed by atoms with E-state index < -0.39 is 12.1 Å². The van der Waals surface area contributed by atoms with Crippen LogP contribution in [0, 0.1) is 5.92 Å². The number of hydrogen-bond acceptors (Lipinski definition) is 3. The highest BCUT2D eigenvalue weighted by Crippen LogP contribution is 2.24. The Hall–Kier alpha value is -2.57. The van der Waals surface area contributed by atoms with Crippen LogP contribution in [0.4, 0.5) is 16.2 Å². The predicted molar refractivity (Wildman–Crippen MR) is 88.0 cm³/mol. The summed E-state index contributed by atoms with van der Waals surface area (Å²) in [6.07, 6.45) is 1.39. The van der Waals surface area contributed by atoms with Gasteiger partial charge in [-0.25, -0.2) is 4.79 Å². The van der Waals surface area contributed by atoms with Crippen LogP contribution in [0.25, 0.3) is 0 Å². The molecule has 124 valence electrons. The lowest BCUT2D eigenvalue weighted by Crippen LogP contribution is -2.49. The molecule has 4 amide bonds. The number of primary amides is 1. The average Bonchev–Trinajstić information content (AvgIpc) is 2.90. The van der Waals surface area contributed by atoms with Gasteiger partial charge >= 0.3 is 6.03 Å². The highest BCUT2D eigenvalue weighted by atomic mass is 16.2. The van der Waals surface area contributed by atoms with E-state index in [1.54, 1.807) is 23.1 Å². The van der Waals surface area contributed by atoms with Crippen LogP contribution in [0.15, 0.2) is 24.3 Å². The molecular weight excluding hydrogens is 296 g/mol. The van der Waals surface area contributed by atoms with Crippen LogP contribution in [0.2, 0.25) is 0 Å². The molecule has 23 heavy (non-hydrogen) atoms. The molecule has 7 nitrogen and oxygen atoms in total. The smallest absolute Gasteiger partial charge is 0.312 e. The number of benzene rings is 1. The van der Waals surface area contributed by atoms with Crippen molar-refractivity contribution in [3.05, 3.63) is 24.3 Å². The van der Waals surface area contributed by atoms with Crippen molar-refractivity contribution in [2.45, 2.75) is 32.7 Å². The summed E-state index contributed by atoms with van der Waals surface area (Å²) in [7, 11) is 0. The molecule has 1 aliphatic heterocycles. The van der Waals surface area contributed by atoms with Crippen molar-refractivity contribution in [3.63, 3.8) is 0 Å². The third-order valence-electron chi connectivity index (χ3n) is 3.75. The van der Waals surface area contributed by atoms with Crippen molar-refractivity contribution in [2.24, 2.45) is 11.7 Å². The quantitative estimate of drug-likeness (QED) is 0.765. The van der Waals surface area contributed by atoms with Crippen molar-refractivity contribution >= 4 is 29.2 Å². The molecule has 1 fully saturated rings. The van der Waals surface area contributed by atoms with Gasteiger partial charge in [0.15, 0.2) is 0 Å². The molecule has 0 aromatic heterocycles. The second-order valence-corrected chi connectivity index (χ2v) is 5.92. The maximum Gasteiger partial charge on any atom is 0.312 e. The number of carbonyl (C=O) groups is 3. The van der Waals surface area contributed by atoms with Crippen LogP contribution in [0.1, 0.15) is 26.7 Å². The highest BCUT2D eigenvalue weighted by Gasteiger charge is 2.24. The summed E-state index contributed by atoms with van der Waals surface area (Å²) in [6.45, 7) is 4.33. The number of nitrogens with zero attached hydrogens (tertiary/aromatic N) is 1. The molecule has 1 saturated heterocycles.